The summed E-state index contributed by atoms with van der Waals surface area (Å²) in [7, 11) is 0. The molecule has 0 atom stereocenters. The van der Waals surface area contributed by atoms with Gasteiger partial charge in [-0.1, -0.05) is 0 Å². The first-order valence-corrected chi connectivity index (χ1v) is 8.53. The van der Waals surface area contributed by atoms with Crippen LogP contribution in [0.2, 0.25) is 0 Å². The first-order chi connectivity index (χ1) is 12.3. The number of nitrogens with one attached hydrogen (secondary N) is 2. The fraction of sp³-hybridized carbons (Fsp3) is 0.0588. The molecule has 0 spiro atoms. The second kappa shape index (κ2) is 6.70. The molecular weight excluding hydrogens is 336 g/mol. The van der Waals surface area contributed by atoms with Crippen molar-refractivity contribution in [3.8, 4) is 17.1 Å². The van der Waals surface area contributed by atoms with Crippen molar-refractivity contribution in [2.45, 2.75) is 6.54 Å². The number of hydrogen-bond donors (Lipinski definition) is 2. The Labute approximate surface area is 147 Å². The molecule has 7 nitrogen and oxygen atoms in total. The van der Waals surface area contributed by atoms with Crippen LogP contribution in [0.5, 0.6) is 0 Å². The van der Waals surface area contributed by atoms with Gasteiger partial charge in [0.1, 0.15) is 12.1 Å². The van der Waals surface area contributed by atoms with Crippen LogP contribution in [-0.2, 0) is 6.54 Å². The Morgan fingerprint density at radius 1 is 1.32 bits per heavy atom. The van der Waals surface area contributed by atoms with E-state index in [1.807, 2.05) is 39.7 Å². The van der Waals surface area contributed by atoms with Gasteiger partial charge < -0.3 is 5.32 Å². The second-order valence-corrected chi connectivity index (χ2v) is 6.13. The molecule has 0 aliphatic rings. The lowest BCUT2D eigenvalue weighted by Crippen LogP contribution is -2.23. The van der Waals surface area contributed by atoms with Crippen LogP contribution in [0, 0.1) is 0 Å². The summed E-state index contributed by atoms with van der Waals surface area (Å²) in [5, 5.41) is 13.8. The lowest BCUT2D eigenvalue weighted by molar-refractivity contribution is 0.0951. The van der Waals surface area contributed by atoms with Crippen LogP contribution < -0.4 is 5.32 Å². The number of thiophene rings is 1. The van der Waals surface area contributed by atoms with Crippen LogP contribution in [0.1, 0.15) is 15.9 Å². The first kappa shape index (κ1) is 15.3. The van der Waals surface area contributed by atoms with Crippen molar-refractivity contribution < 1.29 is 4.79 Å². The zero-order valence-electron chi connectivity index (χ0n) is 13.1. The van der Waals surface area contributed by atoms with E-state index in [4.69, 9.17) is 0 Å². The van der Waals surface area contributed by atoms with Crippen molar-refractivity contribution in [3.05, 3.63) is 71.2 Å². The van der Waals surface area contributed by atoms with E-state index in [2.05, 4.69) is 25.5 Å². The molecule has 4 heterocycles. The highest BCUT2D eigenvalue weighted by Crippen LogP contribution is 2.23. The molecule has 0 saturated carbocycles. The second-order valence-electron chi connectivity index (χ2n) is 5.35. The molecule has 8 heteroatoms. The van der Waals surface area contributed by atoms with Crippen LogP contribution >= 0.6 is 11.3 Å². The van der Waals surface area contributed by atoms with Gasteiger partial charge in [0.2, 0.25) is 0 Å². The predicted octanol–water partition coefficient (Wildman–Crippen LogP) is 2.65. The van der Waals surface area contributed by atoms with E-state index in [9.17, 15) is 4.79 Å². The van der Waals surface area contributed by atoms with Crippen molar-refractivity contribution >= 4 is 17.2 Å². The third-order valence-electron chi connectivity index (χ3n) is 3.73. The quantitative estimate of drug-likeness (QED) is 0.579. The molecule has 0 radical (unpaired) electrons. The molecule has 4 rings (SSSR count). The average molecular weight is 350 g/mol. The smallest absolute Gasteiger partial charge is 0.255 e. The fourth-order valence-electron chi connectivity index (χ4n) is 2.47. The van der Waals surface area contributed by atoms with E-state index in [1.54, 1.807) is 36.3 Å². The molecule has 0 fully saturated rings. The standard InChI is InChI=1S/C17H14N6OS/c24-17(14-9-21-22-16(14)13-2-6-25-10-13)20-8-12-1-3-19-15(7-12)23-5-4-18-11-23/h1-7,9-11H,8H2,(H,20,24)(H,21,22). The van der Waals surface area contributed by atoms with Gasteiger partial charge in [-0.2, -0.15) is 16.4 Å². The summed E-state index contributed by atoms with van der Waals surface area (Å²) in [5.74, 6) is 0.586. The van der Waals surface area contributed by atoms with Gasteiger partial charge in [-0.25, -0.2) is 9.97 Å². The topological polar surface area (TPSA) is 88.5 Å². The number of H-pyrrole nitrogens is 1. The Bertz CT molecular complexity index is 974. The lowest BCUT2D eigenvalue weighted by atomic mass is 10.1. The van der Waals surface area contributed by atoms with Crippen LogP contribution in [0.3, 0.4) is 0 Å². The summed E-state index contributed by atoms with van der Waals surface area (Å²) >= 11 is 1.57. The maximum Gasteiger partial charge on any atom is 0.255 e. The summed E-state index contributed by atoms with van der Waals surface area (Å²) in [4.78, 5) is 20.8. The van der Waals surface area contributed by atoms with E-state index in [0.29, 0.717) is 12.1 Å². The zero-order valence-corrected chi connectivity index (χ0v) is 13.9. The fourth-order valence-corrected chi connectivity index (χ4v) is 3.12. The third kappa shape index (κ3) is 3.20. The molecule has 0 unspecified atom stereocenters. The van der Waals surface area contributed by atoms with Gasteiger partial charge >= 0.3 is 0 Å². The number of pyridine rings is 1. The van der Waals surface area contributed by atoms with Crippen molar-refractivity contribution in [3.63, 3.8) is 0 Å². The van der Waals surface area contributed by atoms with Gasteiger partial charge in [0.05, 0.1) is 17.5 Å². The number of amides is 1. The molecule has 4 aromatic rings. The van der Waals surface area contributed by atoms with Crippen LogP contribution in [-0.4, -0.2) is 30.6 Å². The minimum absolute atomic E-state index is 0.170. The SMILES string of the molecule is O=C(NCc1ccnc(-n2ccnc2)c1)c1cn[nH]c1-c1ccsc1. The number of aromatic nitrogens is 5. The summed E-state index contributed by atoms with van der Waals surface area (Å²) < 4.78 is 1.82. The number of carbonyl (C=O) groups excluding carboxylic acids is 1. The highest BCUT2D eigenvalue weighted by Gasteiger charge is 2.15. The van der Waals surface area contributed by atoms with Crippen molar-refractivity contribution in [2.24, 2.45) is 0 Å². The number of aromatic amines is 1. The minimum Gasteiger partial charge on any atom is -0.348 e. The van der Waals surface area contributed by atoms with Gasteiger partial charge in [-0.05, 0) is 29.1 Å². The van der Waals surface area contributed by atoms with Crippen molar-refractivity contribution in [2.75, 3.05) is 0 Å². The summed E-state index contributed by atoms with van der Waals surface area (Å²) in [6.45, 7) is 0.400. The normalized spacial score (nSPS) is 10.7. The predicted molar refractivity (Wildman–Crippen MR) is 94.4 cm³/mol. The number of hydrogen-bond acceptors (Lipinski definition) is 5. The molecular formula is C17H14N6OS. The van der Waals surface area contributed by atoms with Crippen molar-refractivity contribution in [1.82, 2.24) is 30.0 Å². The van der Waals surface area contributed by atoms with Gasteiger partial charge in [0.15, 0.2) is 0 Å². The number of rotatable bonds is 5. The van der Waals surface area contributed by atoms with E-state index >= 15 is 0 Å². The molecule has 0 aliphatic carbocycles. The summed E-state index contributed by atoms with van der Waals surface area (Å²) in [5.41, 5.74) is 3.17. The molecule has 0 saturated heterocycles. The highest BCUT2D eigenvalue weighted by molar-refractivity contribution is 7.08. The van der Waals surface area contributed by atoms with Gasteiger partial charge in [-0.15, -0.1) is 0 Å². The molecule has 124 valence electrons. The van der Waals surface area contributed by atoms with E-state index in [0.717, 1.165) is 22.6 Å². The van der Waals surface area contributed by atoms with Crippen LogP contribution in [0.15, 0.2) is 60.1 Å². The molecule has 0 bridgehead atoms. The molecule has 0 aromatic carbocycles. The number of imidazole rings is 1. The Hall–Kier alpha value is -3.26. The Balaban J connectivity index is 1.48. The number of nitrogens with zero attached hydrogens (tertiary/aromatic N) is 4. The lowest BCUT2D eigenvalue weighted by Gasteiger charge is -2.07. The Morgan fingerprint density at radius 3 is 3.08 bits per heavy atom. The molecule has 1 amide bonds. The highest BCUT2D eigenvalue weighted by atomic mass is 32.1. The largest absolute Gasteiger partial charge is 0.348 e. The summed E-state index contributed by atoms with van der Waals surface area (Å²) in [6, 6.07) is 5.74. The zero-order chi connectivity index (χ0) is 17.1. The first-order valence-electron chi connectivity index (χ1n) is 7.58. The van der Waals surface area contributed by atoms with E-state index in [-0.39, 0.29) is 5.91 Å². The van der Waals surface area contributed by atoms with Crippen LogP contribution in [0.4, 0.5) is 0 Å². The minimum atomic E-state index is -0.170. The maximum atomic E-state index is 12.5. The van der Waals surface area contributed by atoms with E-state index < -0.39 is 0 Å². The molecule has 0 aliphatic heterocycles. The summed E-state index contributed by atoms with van der Waals surface area (Å²) in [6.07, 6.45) is 8.46. The molecule has 25 heavy (non-hydrogen) atoms. The van der Waals surface area contributed by atoms with Crippen molar-refractivity contribution in [1.29, 1.82) is 0 Å². The average Bonchev–Trinajstić information content (AvgIpc) is 3.41. The molecule has 4 aromatic heterocycles. The van der Waals surface area contributed by atoms with Crippen LogP contribution in [0.25, 0.3) is 17.1 Å². The number of carbonyl (C=O) groups is 1. The van der Waals surface area contributed by atoms with Gasteiger partial charge in [-0.3, -0.25) is 14.5 Å². The Kier molecular flexibility index (Phi) is 4.09. The maximum absolute atomic E-state index is 12.5. The molecule has 2 N–H and O–H groups in total. The monoisotopic (exact) mass is 350 g/mol. The van der Waals surface area contributed by atoms with Gasteiger partial charge in [0, 0.05) is 36.1 Å². The van der Waals surface area contributed by atoms with Gasteiger partial charge in [0.25, 0.3) is 5.91 Å². The van der Waals surface area contributed by atoms with E-state index in [1.165, 1.54) is 0 Å². The Morgan fingerprint density at radius 2 is 2.28 bits per heavy atom. The third-order valence-corrected chi connectivity index (χ3v) is 4.41.